The summed E-state index contributed by atoms with van der Waals surface area (Å²) in [6, 6.07) is 6.49. The summed E-state index contributed by atoms with van der Waals surface area (Å²) in [4.78, 5) is 11.9. The number of aromatic nitrogens is 2. The lowest BCUT2D eigenvalue weighted by molar-refractivity contribution is 0.303. The normalized spacial score (nSPS) is 21.3. The van der Waals surface area contributed by atoms with Gasteiger partial charge in [-0.3, -0.25) is 0 Å². The highest BCUT2D eigenvalue weighted by Gasteiger charge is 2.21. The van der Waals surface area contributed by atoms with Gasteiger partial charge in [0.1, 0.15) is 11.5 Å². The van der Waals surface area contributed by atoms with Crippen molar-refractivity contribution in [3.63, 3.8) is 0 Å². The molecule has 2 N–H and O–H groups in total. The number of H-pyrrole nitrogens is 2. The molecule has 0 amide bonds. The quantitative estimate of drug-likeness (QED) is 0.540. The fourth-order valence-electron chi connectivity index (χ4n) is 4.73. The molecule has 2 aromatic heterocycles. The summed E-state index contributed by atoms with van der Waals surface area (Å²) < 4.78 is 5.67. The van der Waals surface area contributed by atoms with Crippen molar-refractivity contribution in [3.05, 3.63) is 64.6 Å². The van der Waals surface area contributed by atoms with Crippen LogP contribution < -0.4 is 0 Å². The molecule has 0 saturated carbocycles. The molecule has 0 spiro atoms. The first-order valence-corrected chi connectivity index (χ1v) is 11.7. The number of unbranched alkanes of at least 4 members (excludes halogenated alkanes) is 1. The van der Waals surface area contributed by atoms with E-state index < -0.39 is 0 Å². The number of hydrogen-bond donors (Lipinski definition) is 2. The summed E-state index contributed by atoms with van der Waals surface area (Å²) in [6.45, 7) is 2.29. The van der Waals surface area contributed by atoms with Crippen molar-refractivity contribution in [1.29, 1.82) is 0 Å². The van der Waals surface area contributed by atoms with E-state index in [0.717, 1.165) is 29.3 Å². The molecule has 0 saturated heterocycles. The molecule has 2 aromatic rings. The van der Waals surface area contributed by atoms with E-state index in [1.165, 1.54) is 74.7 Å². The van der Waals surface area contributed by atoms with Crippen LogP contribution in [0.4, 0.5) is 0 Å². The van der Waals surface area contributed by atoms with E-state index in [2.05, 4.69) is 29.0 Å². The van der Waals surface area contributed by atoms with E-state index in [-0.39, 0.29) is 0 Å². The smallest absolute Gasteiger partial charge is 0.146 e. The molecule has 1 aliphatic carbocycles. The van der Waals surface area contributed by atoms with Crippen LogP contribution in [0.1, 0.15) is 93.3 Å². The van der Waals surface area contributed by atoms with Crippen LogP contribution >= 0.6 is 0 Å². The lowest BCUT2D eigenvalue weighted by atomic mass is 9.88. The van der Waals surface area contributed by atoms with Crippen LogP contribution in [0.15, 0.2) is 46.9 Å². The van der Waals surface area contributed by atoms with Gasteiger partial charge in [-0.1, -0.05) is 45.4 Å². The molecule has 0 aromatic carbocycles. The van der Waals surface area contributed by atoms with Crippen LogP contribution in [-0.4, -0.2) is 22.8 Å². The number of ether oxygens (including phenoxy) is 1. The fourth-order valence-corrected chi connectivity index (χ4v) is 4.73. The summed E-state index contributed by atoms with van der Waals surface area (Å²) in [5.74, 6) is 1.45. The molecule has 1 aliphatic heterocycles. The van der Waals surface area contributed by atoms with Gasteiger partial charge in [-0.05, 0) is 61.4 Å². The Labute approximate surface area is 180 Å². The Bertz CT molecular complexity index is 914. The standard InChI is InChI=1S/C26H35N3O/c1-3-4-11-19-12-8-6-5-7-9-13-20-16-21(19)23(28-20)17-25-26(30-2)18-24(29-25)22-14-10-15-27-22/h10,14-19,27-28H,3-9,11-13H2,1-2H3. The molecule has 2 bridgehead atoms. The first-order valence-electron chi connectivity index (χ1n) is 11.7. The van der Waals surface area contributed by atoms with Gasteiger partial charge >= 0.3 is 0 Å². The highest BCUT2D eigenvalue weighted by atomic mass is 16.5. The third kappa shape index (κ3) is 4.80. The second-order valence-corrected chi connectivity index (χ2v) is 8.63. The van der Waals surface area contributed by atoms with E-state index in [0.29, 0.717) is 5.92 Å². The van der Waals surface area contributed by atoms with Gasteiger partial charge in [0, 0.05) is 23.7 Å². The Balaban J connectivity index is 1.69. The topological polar surface area (TPSA) is 53.2 Å². The molecule has 30 heavy (non-hydrogen) atoms. The van der Waals surface area contributed by atoms with Gasteiger partial charge in [0.15, 0.2) is 0 Å². The maximum absolute atomic E-state index is 5.67. The minimum absolute atomic E-state index is 0.628. The molecule has 0 fully saturated rings. The van der Waals surface area contributed by atoms with Crippen LogP contribution in [0.3, 0.4) is 0 Å². The van der Waals surface area contributed by atoms with Gasteiger partial charge < -0.3 is 14.7 Å². The third-order valence-electron chi connectivity index (χ3n) is 6.42. The molecule has 4 nitrogen and oxygen atoms in total. The monoisotopic (exact) mass is 405 g/mol. The molecule has 1 atom stereocenters. The van der Waals surface area contributed by atoms with Crippen LogP contribution in [-0.2, 0) is 11.2 Å². The zero-order valence-electron chi connectivity index (χ0n) is 18.5. The Morgan fingerprint density at radius 2 is 2.07 bits per heavy atom. The number of hydrogen-bond acceptors (Lipinski definition) is 2. The first kappa shape index (κ1) is 20.8. The molecule has 160 valence electrons. The lowest BCUT2D eigenvalue weighted by Gasteiger charge is -2.17. The molecular weight excluding hydrogens is 370 g/mol. The Kier molecular flexibility index (Phi) is 6.93. The Morgan fingerprint density at radius 3 is 2.87 bits per heavy atom. The number of methoxy groups -OCH3 is 1. The molecule has 0 radical (unpaired) electrons. The Morgan fingerprint density at radius 1 is 1.20 bits per heavy atom. The van der Waals surface area contributed by atoms with E-state index >= 15 is 0 Å². The number of aromatic amines is 2. The zero-order valence-corrected chi connectivity index (χ0v) is 18.5. The van der Waals surface area contributed by atoms with Crippen LogP contribution in [0.5, 0.6) is 0 Å². The molecule has 1 unspecified atom stereocenters. The Hall–Kier alpha value is -2.49. The van der Waals surface area contributed by atoms with Gasteiger partial charge in [-0.2, -0.15) is 0 Å². The summed E-state index contributed by atoms with van der Waals surface area (Å²) in [5, 5.41) is 0. The van der Waals surface area contributed by atoms with Crippen molar-refractivity contribution in [2.45, 2.75) is 77.0 Å². The number of nitrogens with zero attached hydrogens (tertiary/aromatic N) is 1. The summed E-state index contributed by atoms with van der Waals surface area (Å²) in [5.41, 5.74) is 6.91. The number of aliphatic imine (C=N–C) groups is 1. The largest absolute Gasteiger partial charge is 0.494 e. The van der Waals surface area contributed by atoms with Gasteiger partial charge in [0.2, 0.25) is 0 Å². The van der Waals surface area contributed by atoms with Gasteiger partial charge in [-0.25, -0.2) is 4.99 Å². The fraction of sp³-hybridized carbons (Fsp3) is 0.500. The van der Waals surface area contributed by atoms with E-state index in [4.69, 9.17) is 9.73 Å². The third-order valence-corrected chi connectivity index (χ3v) is 6.42. The summed E-state index contributed by atoms with van der Waals surface area (Å²) >= 11 is 0. The number of rotatable bonds is 6. The first-order chi connectivity index (χ1) is 14.8. The number of aryl methyl sites for hydroxylation is 1. The number of allylic oxidation sites excluding steroid dienone is 1. The minimum atomic E-state index is 0.628. The van der Waals surface area contributed by atoms with Gasteiger partial charge in [0.05, 0.1) is 18.5 Å². The molecule has 4 rings (SSSR count). The SMILES string of the molecule is CCCCC1CCCCCCCc2cc1c(C=C1N=C(c3ccc[nH]3)C=C1OC)[nH]2. The van der Waals surface area contributed by atoms with Crippen molar-refractivity contribution >= 4 is 11.8 Å². The highest BCUT2D eigenvalue weighted by Crippen LogP contribution is 2.35. The van der Waals surface area contributed by atoms with E-state index in [9.17, 15) is 0 Å². The second kappa shape index (κ2) is 10.0. The molecular formula is C26H35N3O. The second-order valence-electron chi connectivity index (χ2n) is 8.63. The summed E-state index contributed by atoms with van der Waals surface area (Å²) in [6.07, 6.45) is 19.1. The van der Waals surface area contributed by atoms with Crippen molar-refractivity contribution in [3.8, 4) is 0 Å². The van der Waals surface area contributed by atoms with Crippen LogP contribution in [0, 0.1) is 0 Å². The molecule has 4 heteroatoms. The van der Waals surface area contributed by atoms with Crippen LogP contribution in [0.25, 0.3) is 6.08 Å². The van der Waals surface area contributed by atoms with Crippen molar-refractivity contribution < 1.29 is 4.74 Å². The van der Waals surface area contributed by atoms with Gasteiger partial charge in [-0.15, -0.1) is 0 Å². The van der Waals surface area contributed by atoms with Crippen molar-refractivity contribution in [2.24, 2.45) is 4.99 Å². The predicted octanol–water partition coefficient (Wildman–Crippen LogP) is 6.89. The number of nitrogens with one attached hydrogen (secondary N) is 2. The highest BCUT2D eigenvalue weighted by molar-refractivity contribution is 6.11. The average Bonchev–Trinajstić information content (AvgIpc) is 3.48. The minimum Gasteiger partial charge on any atom is -0.494 e. The molecule has 2 aliphatic rings. The van der Waals surface area contributed by atoms with Gasteiger partial charge in [0.25, 0.3) is 0 Å². The van der Waals surface area contributed by atoms with Crippen LogP contribution in [0.2, 0.25) is 0 Å². The lowest BCUT2D eigenvalue weighted by Crippen LogP contribution is -2.01. The maximum Gasteiger partial charge on any atom is 0.146 e. The zero-order chi connectivity index (χ0) is 20.8. The number of fused-ring (bicyclic) bond motifs is 2. The van der Waals surface area contributed by atoms with Crippen molar-refractivity contribution in [1.82, 2.24) is 9.97 Å². The van der Waals surface area contributed by atoms with E-state index in [1.54, 1.807) is 7.11 Å². The van der Waals surface area contributed by atoms with E-state index in [1.807, 2.05) is 24.4 Å². The van der Waals surface area contributed by atoms with Crippen molar-refractivity contribution in [2.75, 3.05) is 7.11 Å². The maximum atomic E-state index is 5.67. The molecule has 3 heterocycles. The summed E-state index contributed by atoms with van der Waals surface area (Å²) in [7, 11) is 1.73. The predicted molar refractivity (Wildman–Crippen MR) is 125 cm³/mol. The average molecular weight is 406 g/mol.